The van der Waals surface area contributed by atoms with Crippen molar-refractivity contribution < 1.29 is 4.79 Å². The van der Waals surface area contributed by atoms with Crippen LogP contribution >= 0.6 is 27.5 Å². The molecule has 0 saturated heterocycles. The molecule has 0 fully saturated rings. The van der Waals surface area contributed by atoms with E-state index >= 15 is 0 Å². The molecule has 0 atom stereocenters. The molecule has 0 heterocycles. The maximum absolute atomic E-state index is 12.0. The molecular weight excluding hydrogens is 374 g/mol. The molecule has 0 unspecified atom stereocenters. The van der Waals surface area contributed by atoms with Crippen LogP contribution in [0.25, 0.3) is 6.08 Å². The van der Waals surface area contributed by atoms with E-state index in [1.54, 1.807) is 24.3 Å². The summed E-state index contributed by atoms with van der Waals surface area (Å²) in [6.07, 6.45) is 3.31. The molecule has 0 bridgehead atoms. The Morgan fingerprint density at radius 1 is 1.13 bits per heavy atom. The van der Waals surface area contributed by atoms with Gasteiger partial charge in [0.25, 0.3) is 0 Å². The second-order valence-corrected chi connectivity index (χ2v) is 7.59. The Hall–Kier alpha value is -1.58. The fraction of sp³-hybridized carbons (Fsp3) is 0.211. The molecule has 120 valence electrons. The van der Waals surface area contributed by atoms with Crippen LogP contribution in [0.5, 0.6) is 0 Å². The number of rotatable bonds is 3. The Morgan fingerprint density at radius 3 is 2.35 bits per heavy atom. The van der Waals surface area contributed by atoms with E-state index in [1.807, 2.05) is 12.1 Å². The first-order valence-corrected chi connectivity index (χ1v) is 8.47. The predicted octanol–water partition coefficient (Wildman–Crippen LogP) is 6.05. The first-order chi connectivity index (χ1) is 10.8. The van der Waals surface area contributed by atoms with Crippen LogP contribution in [0.15, 0.2) is 53.0 Å². The lowest BCUT2D eigenvalue weighted by atomic mass is 9.87. The summed E-state index contributed by atoms with van der Waals surface area (Å²) in [4.78, 5) is 12.0. The van der Waals surface area contributed by atoms with E-state index in [1.165, 1.54) is 11.6 Å². The van der Waals surface area contributed by atoms with E-state index in [2.05, 4.69) is 54.2 Å². The van der Waals surface area contributed by atoms with E-state index in [0.717, 1.165) is 10.0 Å². The van der Waals surface area contributed by atoms with Gasteiger partial charge in [-0.3, -0.25) is 4.79 Å². The summed E-state index contributed by atoms with van der Waals surface area (Å²) in [5, 5.41) is 3.34. The van der Waals surface area contributed by atoms with E-state index in [-0.39, 0.29) is 11.3 Å². The highest BCUT2D eigenvalue weighted by atomic mass is 79.9. The van der Waals surface area contributed by atoms with Gasteiger partial charge < -0.3 is 5.32 Å². The molecule has 0 spiro atoms. The maximum atomic E-state index is 12.0. The van der Waals surface area contributed by atoms with Gasteiger partial charge in [0, 0.05) is 16.2 Å². The summed E-state index contributed by atoms with van der Waals surface area (Å²) in [5.74, 6) is -0.191. The predicted molar refractivity (Wildman–Crippen MR) is 102 cm³/mol. The minimum Gasteiger partial charge on any atom is -0.322 e. The lowest BCUT2D eigenvalue weighted by molar-refractivity contribution is -0.111. The van der Waals surface area contributed by atoms with Crippen LogP contribution in [0, 0.1) is 0 Å². The summed E-state index contributed by atoms with van der Waals surface area (Å²) in [7, 11) is 0. The van der Waals surface area contributed by atoms with E-state index in [4.69, 9.17) is 11.6 Å². The summed E-state index contributed by atoms with van der Waals surface area (Å²) in [6.45, 7) is 6.53. The van der Waals surface area contributed by atoms with Gasteiger partial charge in [0.05, 0.1) is 5.02 Å². The quantitative estimate of drug-likeness (QED) is 0.633. The van der Waals surface area contributed by atoms with Crippen molar-refractivity contribution in [3.63, 3.8) is 0 Å². The van der Waals surface area contributed by atoms with Crippen molar-refractivity contribution >= 4 is 45.2 Å². The number of benzene rings is 2. The Labute approximate surface area is 150 Å². The molecule has 2 nitrogen and oxygen atoms in total. The first-order valence-electron chi connectivity index (χ1n) is 7.30. The van der Waals surface area contributed by atoms with Crippen LogP contribution in [-0.2, 0) is 10.2 Å². The lowest BCUT2D eigenvalue weighted by Gasteiger charge is -2.18. The van der Waals surface area contributed by atoms with Crippen molar-refractivity contribution in [2.24, 2.45) is 0 Å². The molecule has 2 aromatic carbocycles. The van der Waals surface area contributed by atoms with Gasteiger partial charge in [-0.05, 0) is 56.7 Å². The van der Waals surface area contributed by atoms with Crippen molar-refractivity contribution in [3.8, 4) is 0 Å². The zero-order valence-electron chi connectivity index (χ0n) is 13.4. The second-order valence-electron chi connectivity index (χ2n) is 6.32. The minimum absolute atomic E-state index is 0.125. The highest BCUT2D eigenvalue weighted by Crippen LogP contribution is 2.25. The van der Waals surface area contributed by atoms with Crippen molar-refractivity contribution in [3.05, 3.63) is 69.2 Å². The Kier molecular flexibility index (Phi) is 5.66. The zero-order chi connectivity index (χ0) is 17.0. The highest BCUT2D eigenvalue weighted by molar-refractivity contribution is 9.10. The van der Waals surface area contributed by atoms with Crippen molar-refractivity contribution in [2.75, 3.05) is 5.32 Å². The number of carbonyl (C=O) groups excluding carboxylic acids is 1. The van der Waals surface area contributed by atoms with Crippen molar-refractivity contribution in [1.82, 2.24) is 0 Å². The van der Waals surface area contributed by atoms with Gasteiger partial charge in [-0.15, -0.1) is 0 Å². The average Bonchev–Trinajstić information content (AvgIpc) is 2.48. The van der Waals surface area contributed by atoms with Gasteiger partial charge in [0.15, 0.2) is 0 Å². The lowest BCUT2D eigenvalue weighted by Crippen LogP contribution is -2.10. The first kappa shape index (κ1) is 17.8. The molecule has 4 heteroatoms. The standard InChI is InChI=1S/C19H19BrClNO/c1-19(2,3)14-7-4-13(5-8-14)6-11-18(23)22-15-9-10-16(20)17(21)12-15/h4-12H,1-3H3,(H,22,23)/b11-6+. The third-order valence-electron chi connectivity index (χ3n) is 3.39. The summed E-state index contributed by atoms with van der Waals surface area (Å²) in [6, 6.07) is 13.5. The van der Waals surface area contributed by atoms with E-state index in [0.29, 0.717) is 10.7 Å². The number of hydrogen-bond donors (Lipinski definition) is 1. The fourth-order valence-electron chi connectivity index (χ4n) is 2.02. The van der Waals surface area contributed by atoms with Crippen molar-refractivity contribution in [1.29, 1.82) is 0 Å². The number of anilines is 1. The van der Waals surface area contributed by atoms with Crippen LogP contribution in [0.4, 0.5) is 5.69 Å². The third kappa shape index (κ3) is 5.22. The van der Waals surface area contributed by atoms with E-state index < -0.39 is 0 Å². The number of amides is 1. The number of halogens is 2. The fourth-order valence-corrected chi connectivity index (χ4v) is 2.45. The van der Waals surface area contributed by atoms with Gasteiger partial charge in [0.2, 0.25) is 5.91 Å². The van der Waals surface area contributed by atoms with E-state index in [9.17, 15) is 4.79 Å². The molecule has 0 saturated carbocycles. The molecular formula is C19H19BrClNO. The number of hydrogen-bond acceptors (Lipinski definition) is 1. The van der Waals surface area contributed by atoms with Crippen LogP contribution in [0.3, 0.4) is 0 Å². The Bertz CT molecular complexity index is 730. The molecule has 0 radical (unpaired) electrons. The van der Waals surface area contributed by atoms with Crippen LogP contribution in [-0.4, -0.2) is 5.91 Å². The van der Waals surface area contributed by atoms with Gasteiger partial charge in [-0.25, -0.2) is 0 Å². The topological polar surface area (TPSA) is 29.1 Å². The SMILES string of the molecule is CC(C)(C)c1ccc(/C=C/C(=O)Nc2ccc(Br)c(Cl)c2)cc1. The number of carbonyl (C=O) groups is 1. The monoisotopic (exact) mass is 391 g/mol. The molecule has 0 aliphatic rings. The molecule has 0 aliphatic heterocycles. The Morgan fingerprint density at radius 2 is 1.78 bits per heavy atom. The highest BCUT2D eigenvalue weighted by Gasteiger charge is 2.12. The molecule has 23 heavy (non-hydrogen) atoms. The summed E-state index contributed by atoms with van der Waals surface area (Å²) >= 11 is 9.32. The zero-order valence-corrected chi connectivity index (χ0v) is 15.7. The molecule has 1 amide bonds. The van der Waals surface area contributed by atoms with Crippen LogP contribution in [0.1, 0.15) is 31.9 Å². The van der Waals surface area contributed by atoms with Crippen LogP contribution < -0.4 is 5.32 Å². The normalized spacial score (nSPS) is 11.7. The third-order valence-corrected chi connectivity index (χ3v) is 4.62. The maximum Gasteiger partial charge on any atom is 0.248 e. The van der Waals surface area contributed by atoms with Gasteiger partial charge in [-0.2, -0.15) is 0 Å². The smallest absolute Gasteiger partial charge is 0.248 e. The van der Waals surface area contributed by atoms with Gasteiger partial charge in [0.1, 0.15) is 0 Å². The second kappa shape index (κ2) is 7.33. The van der Waals surface area contributed by atoms with Gasteiger partial charge in [-0.1, -0.05) is 56.6 Å². The van der Waals surface area contributed by atoms with Gasteiger partial charge >= 0.3 is 0 Å². The van der Waals surface area contributed by atoms with Crippen molar-refractivity contribution in [2.45, 2.75) is 26.2 Å². The van der Waals surface area contributed by atoms with Crippen LogP contribution in [0.2, 0.25) is 5.02 Å². The summed E-state index contributed by atoms with van der Waals surface area (Å²) in [5.41, 5.74) is 3.04. The minimum atomic E-state index is -0.191. The molecule has 2 rings (SSSR count). The summed E-state index contributed by atoms with van der Waals surface area (Å²) < 4.78 is 0.798. The molecule has 1 N–H and O–H groups in total. The largest absolute Gasteiger partial charge is 0.322 e. The molecule has 0 aromatic heterocycles. The average molecular weight is 393 g/mol. The molecule has 0 aliphatic carbocycles. The molecule has 2 aromatic rings. The number of nitrogens with one attached hydrogen (secondary N) is 1. The Balaban J connectivity index is 2.02.